The fourth-order valence-corrected chi connectivity index (χ4v) is 2.25. The van der Waals surface area contributed by atoms with Crippen molar-refractivity contribution < 1.29 is 4.74 Å². The number of rotatable bonds is 6. The summed E-state index contributed by atoms with van der Waals surface area (Å²) < 4.78 is 5.41. The Balaban J connectivity index is 1.91. The molecule has 2 N–H and O–H groups in total. The maximum atomic E-state index is 5.41. The molecule has 0 aliphatic heterocycles. The van der Waals surface area contributed by atoms with Crippen molar-refractivity contribution in [2.75, 3.05) is 20.2 Å². The van der Waals surface area contributed by atoms with Crippen LogP contribution in [0.15, 0.2) is 35.3 Å². The van der Waals surface area contributed by atoms with E-state index in [-0.39, 0.29) is 5.60 Å². The van der Waals surface area contributed by atoms with Crippen LogP contribution in [0.2, 0.25) is 0 Å². The summed E-state index contributed by atoms with van der Waals surface area (Å²) in [5.74, 6) is 1.48. The highest BCUT2D eigenvalue weighted by atomic mass is 16.5. The number of hydrogen-bond donors (Lipinski definition) is 2. The van der Waals surface area contributed by atoms with Gasteiger partial charge >= 0.3 is 0 Å². The van der Waals surface area contributed by atoms with Crippen LogP contribution < -0.4 is 10.6 Å². The van der Waals surface area contributed by atoms with E-state index in [0.717, 1.165) is 12.5 Å². The van der Waals surface area contributed by atoms with Gasteiger partial charge in [-0.25, -0.2) is 0 Å². The Labute approximate surface area is 128 Å². The van der Waals surface area contributed by atoms with E-state index in [1.54, 1.807) is 7.11 Å². The van der Waals surface area contributed by atoms with Crippen LogP contribution in [-0.2, 0) is 4.74 Å². The zero-order valence-electron chi connectivity index (χ0n) is 13.5. The predicted molar refractivity (Wildman–Crippen MR) is 87.8 cm³/mol. The second-order valence-corrected chi connectivity index (χ2v) is 6.16. The molecule has 116 valence electrons. The molecule has 0 radical (unpaired) electrons. The number of nitrogens with one attached hydrogen (secondary N) is 2. The normalized spacial score (nSPS) is 22.0. The number of nitrogens with zero attached hydrogens (tertiary/aromatic N) is 1. The zero-order chi connectivity index (χ0) is 15.3. The van der Waals surface area contributed by atoms with Crippen LogP contribution in [0.5, 0.6) is 0 Å². The fraction of sp³-hybridized carbons (Fsp3) is 0.588. The molecule has 2 atom stereocenters. The molecule has 2 unspecified atom stereocenters. The molecule has 1 aromatic carbocycles. The van der Waals surface area contributed by atoms with Crippen molar-refractivity contribution in [2.24, 2.45) is 4.99 Å². The van der Waals surface area contributed by atoms with Gasteiger partial charge in [0.05, 0.1) is 12.1 Å². The summed E-state index contributed by atoms with van der Waals surface area (Å²) in [6.07, 6.45) is 1.17. The van der Waals surface area contributed by atoms with Crippen LogP contribution in [0, 0.1) is 0 Å². The number of aliphatic imine (C=N–C) groups is 1. The number of guanidine groups is 1. The second-order valence-electron chi connectivity index (χ2n) is 6.16. The van der Waals surface area contributed by atoms with E-state index in [1.165, 1.54) is 12.0 Å². The third-order valence-corrected chi connectivity index (χ3v) is 3.86. The van der Waals surface area contributed by atoms with Gasteiger partial charge in [0.2, 0.25) is 0 Å². The molecule has 4 nitrogen and oxygen atoms in total. The molecule has 0 aromatic heterocycles. The summed E-state index contributed by atoms with van der Waals surface area (Å²) in [6, 6.07) is 11.1. The summed E-state index contributed by atoms with van der Waals surface area (Å²) in [7, 11) is 1.72. The first kappa shape index (κ1) is 15.8. The van der Waals surface area contributed by atoms with Crippen LogP contribution >= 0.6 is 0 Å². The van der Waals surface area contributed by atoms with Crippen LogP contribution in [0.3, 0.4) is 0 Å². The van der Waals surface area contributed by atoms with Crippen molar-refractivity contribution in [1.29, 1.82) is 0 Å². The van der Waals surface area contributed by atoms with Crippen LogP contribution in [0.1, 0.15) is 38.7 Å². The Morgan fingerprint density at radius 2 is 2.05 bits per heavy atom. The van der Waals surface area contributed by atoms with Gasteiger partial charge in [-0.15, -0.1) is 0 Å². The van der Waals surface area contributed by atoms with Gasteiger partial charge in [0, 0.05) is 25.6 Å². The van der Waals surface area contributed by atoms with E-state index < -0.39 is 0 Å². The van der Waals surface area contributed by atoms with E-state index in [2.05, 4.69) is 52.9 Å². The van der Waals surface area contributed by atoms with Gasteiger partial charge in [0.25, 0.3) is 0 Å². The van der Waals surface area contributed by atoms with E-state index in [0.29, 0.717) is 18.5 Å². The smallest absolute Gasteiger partial charge is 0.191 e. The summed E-state index contributed by atoms with van der Waals surface area (Å²) in [5, 5.41) is 6.83. The zero-order valence-corrected chi connectivity index (χ0v) is 13.5. The third kappa shape index (κ3) is 4.74. The average Bonchev–Trinajstić information content (AvgIpc) is 3.25. The Bertz CT molecular complexity index is 470. The van der Waals surface area contributed by atoms with Gasteiger partial charge in [-0.2, -0.15) is 0 Å². The molecule has 1 aliphatic rings. The molecule has 2 rings (SSSR count). The summed E-state index contributed by atoms with van der Waals surface area (Å²) in [4.78, 5) is 4.63. The summed E-state index contributed by atoms with van der Waals surface area (Å²) in [6.45, 7) is 7.68. The minimum Gasteiger partial charge on any atom is -0.377 e. The predicted octanol–water partition coefficient (Wildman–Crippen LogP) is 2.52. The highest BCUT2D eigenvalue weighted by Crippen LogP contribution is 2.40. The quantitative estimate of drug-likeness (QED) is 0.625. The SMILES string of the molecule is CCNC(=NCC(C)(C)OC)NC1CC1c1ccccc1. The first-order valence-corrected chi connectivity index (χ1v) is 7.70. The van der Waals surface area contributed by atoms with Crippen LogP contribution in [0.4, 0.5) is 0 Å². The number of benzene rings is 1. The van der Waals surface area contributed by atoms with Gasteiger partial charge in [-0.3, -0.25) is 4.99 Å². The van der Waals surface area contributed by atoms with Gasteiger partial charge in [0.15, 0.2) is 5.96 Å². The molecule has 21 heavy (non-hydrogen) atoms. The molecule has 4 heteroatoms. The molecule has 0 heterocycles. The average molecular weight is 289 g/mol. The van der Waals surface area contributed by atoms with E-state index in [4.69, 9.17) is 4.74 Å². The van der Waals surface area contributed by atoms with Crippen molar-refractivity contribution >= 4 is 5.96 Å². The molecule has 0 bridgehead atoms. The molecule has 0 saturated heterocycles. The topological polar surface area (TPSA) is 45.7 Å². The molecule has 1 aliphatic carbocycles. The molecule has 1 saturated carbocycles. The van der Waals surface area contributed by atoms with E-state index in [1.807, 2.05) is 13.8 Å². The Morgan fingerprint density at radius 3 is 2.67 bits per heavy atom. The Hall–Kier alpha value is -1.55. The van der Waals surface area contributed by atoms with Gasteiger partial charge < -0.3 is 15.4 Å². The largest absolute Gasteiger partial charge is 0.377 e. The number of methoxy groups -OCH3 is 1. The lowest BCUT2D eigenvalue weighted by molar-refractivity contribution is 0.0310. The van der Waals surface area contributed by atoms with Crippen molar-refractivity contribution in [1.82, 2.24) is 10.6 Å². The highest BCUT2D eigenvalue weighted by molar-refractivity contribution is 5.80. The Morgan fingerprint density at radius 1 is 1.33 bits per heavy atom. The molecule has 1 aromatic rings. The molecule has 0 spiro atoms. The van der Waals surface area contributed by atoms with Crippen molar-refractivity contribution in [2.45, 2.75) is 44.8 Å². The highest BCUT2D eigenvalue weighted by Gasteiger charge is 2.38. The summed E-state index contributed by atoms with van der Waals surface area (Å²) >= 11 is 0. The second kappa shape index (κ2) is 6.94. The minimum absolute atomic E-state index is 0.231. The molecule has 0 amide bonds. The van der Waals surface area contributed by atoms with Crippen LogP contribution in [0.25, 0.3) is 0 Å². The van der Waals surface area contributed by atoms with Gasteiger partial charge in [0.1, 0.15) is 0 Å². The lowest BCUT2D eigenvalue weighted by Gasteiger charge is -2.21. The lowest BCUT2D eigenvalue weighted by atomic mass is 10.1. The van der Waals surface area contributed by atoms with Crippen LogP contribution in [-0.4, -0.2) is 37.8 Å². The maximum Gasteiger partial charge on any atom is 0.191 e. The third-order valence-electron chi connectivity index (χ3n) is 3.86. The monoisotopic (exact) mass is 289 g/mol. The fourth-order valence-electron chi connectivity index (χ4n) is 2.25. The molecular formula is C17H27N3O. The Kier molecular flexibility index (Phi) is 5.23. The first-order valence-electron chi connectivity index (χ1n) is 7.70. The number of ether oxygens (including phenoxy) is 1. The molecule has 1 fully saturated rings. The van der Waals surface area contributed by atoms with Gasteiger partial charge in [-0.05, 0) is 32.8 Å². The maximum absolute atomic E-state index is 5.41. The van der Waals surface area contributed by atoms with E-state index in [9.17, 15) is 0 Å². The van der Waals surface area contributed by atoms with Crippen molar-refractivity contribution in [3.63, 3.8) is 0 Å². The summed E-state index contributed by atoms with van der Waals surface area (Å²) in [5.41, 5.74) is 1.17. The van der Waals surface area contributed by atoms with E-state index >= 15 is 0 Å². The number of hydrogen-bond acceptors (Lipinski definition) is 2. The molecular weight excluding hydrogens is 262 g/mol. The first-order chi connectivity index (χ1) is 10.1. The standard InChI is InChI=1S/C17H27N3O/c1-5-18-16(19-12-17(2,3)21-4)20-15-11-14(15)13-9-7-6-8-10-13/h6-10,14-15H,5,11-12H2,1-4H3,(H2,18,19,20). The van der Waals surface area contributed by atoms with Crippen molar-refractivity contribution in [3.05, 3.63) is 35.9 Å². The van der Waals surface area contributed by atoms with Crippen molar-refractivity contribution in [3.8, 4) is 0 Å². The minimum atomic E-state index is -0.231. The van der Waals surface area contributed by atoms with Gasteiger partial charge in [-0.1, -0.05) is 30.3 Å². The lowest BCUT2D eigenvalue weighted by Crippen LogP contribution is -2.40.